The van der Waals surface area contributed by atoms with E-state index in [1.165, 1.54) is 30.0 Å². The van der Waals surface area contributed by atoms with Crippen molar-refractivity contribution in [2.24, 2.45) is 5.41 Å². The number of aromatic amines is 1. The van der Waals surface area contributed by atoms with Crippen molar-refractivity contribution in [2.45, 2.75) is 58.8 Å². The van der Waals surface area contributed by atoms with Gasteiger partial charge in [-0.1, -0.05) is 45.0 Å². The Morgan fingerprint density at radius 1 is 1.24 bits per heavy atom. The smallest absolute Gasteiger partial charge is 0.251 e. The molecular weight excluding hydrogens is 312 g/mol. The first-order chi connectivity index (χ1) is 11.7. The topological polar surface area (TPSA) is 62.8 Å². The van der Waals surface area contributed by atoms with Crippen LogP contribution in [-0.4, -0.2) is 15.8 Å². The molecule has 0 saturated heterocycles. The fraction of sp³-hybridized carbons (Fsp3) is 0.476. The zero-order valence-electron chi connectivity index (χ0n) is 15.4. The molecule has 1 aliphatic rings. The summed E-state index contributed by atoms with van der Waals surface area (Å²) in [5, 5.41) is 0. The highest BCUT2D eigenvalue weighted by Crippen LogP contribution is 2.42. The monoisotopic (exact) mass is 338 g/mol. The van der Waals surface area contributed by atoms with Gasteiger partial charge in [-0.2, -0.15) is 0 Å². The quantitative estimate of drug-likeness (QED) is 0.824. The number of rotatable bonds is 5. The van der Waals surface area contributed by atoms with E-state index in [0.29, 0.717) is 12.2 Å². The van der Waals surface area contributed by atoms with E-state index in [2.05, 4.69) is 55.0 Å². The Hall–Kier alpha value is -2.23. The second kappa shape index (κ2) is 6.58. The third kappa shape index (κ3) is 4.25. The molecule has 1 aliphatic carbocycles. The fourth-order valence-corrected chi connectivity index (χ4v) is 3.35. The number of benzene rings is 1. The predicted octanol–water partition coefficient (Wildman–Crippen LogP) is 4.36. The van der Waals surface area contributed by atoms with Crippen LogP contribution in [0.25, 0.3) is 0 Å². The Morgan fingerprint density at radius 3 is 2.40 bits per heavy atom. The van der Waals surface area contributed by atoms with Gasteiger partial charge < -0.3 is 4.98 Å². The van der Waals surface area contributed by atoms with Gasteiger partial charge in [0.05, 0.1) is 0 Å². The minimum absolute atomic E-state index is 0.0625. The van der Waals surface area contributed by atoms with Crippen LogP contribution >= 0.6 is 0 Å². The molecule has 1 aromatic heterocycles. The number of nitrogens with one attached hydrogen (secondary N) is 1. The highest BCUT2D eigenvalue weighted by Gasteiger charge is 2.30. The Balaban J connectivity index is 1.85. The first-order valence-corrected chi connectivity index (χ1v) is 8.95. The molecule has 25 heavy (non-hydrogen) atoms. The molecular formula is C21H26N2O2. The number of hydrogen-bond acceptors (Lipinski definition) is 3. The summed E-state index contributed by atoms with van der Waals surface area (Å²) in [5.74, 6) is 1.19. The van der Waals surface area contributed by atoms with Gasteiger partial charge >= 0.3 is 0 Å². The van der Waals surface area contributed by atoms with E-state index in [-0.39, 0.29) is 28.4 Å². The van der Waals surface area contributed by atoms with Crippen LogP contribution < -0.4 is 5.56 Å². The maximum absolute atomic E-state index is 12.7. The lowest BCUT2D eigenvalue weighted by Gasteiger charge is -2.31. The van der Waals surface area contributed by atoms with Crippen molar-refractivity contribution in [2.75, 3.05) is 0 Å². The van der Waals surface area contributed by atoms with Crippen molar-refractivity contribution < 1.29 is 4.79 Å². The second-order valence-corrected chi connectivity index (χ2v) is 8.20. The molecule has 0 spiro atoms. The van der Waals surface area contributed by atoms with Gasteiger partial charge in [0.2, 0.25) is 0 Å². The summed E-state index contributed by atoms with van der Waals surface area (Å²) >= 11 is 0. The number of ketones is 1. The standard InChI is InChI=1S/C21H26N2O2/c1-13-22-18(12-20(25)23-13)19(24)11-17(21(2,3)4)16-9-7-15(8-10-16)14-5-6-14/h7-10,12,14,17H,5-6,11H2,1-4H3,(H,22,23,25)/t17-/m0/s1. The van der Waals surface area contributed by atoms with E-state index in [9.17, 15) is 9.59 Å². The number of carbonyl (C=O) groups is 1. The maximum atomic E-state index is 12.7. The Bertz CT molecular complexity index is 824. The Kier molecular flexibility index (Phi) is 4.63. The first kappa shape index (κ1) is 17.6. The molecule has 3 rings (SSSR count). The van der Waals surface area contributed by atoms with Gasteiger partial charge in [0.1, 0.15) is 11.5 Å². The van der Waals surface area contributed by atoms with E-state index in [1.54, 1.807) is 6.92 Å². The zero-order valence-corrected chi connectivity index (χ0v) is 15.4. The molecule has 1 aromatic carbocycles. The fourth-order valence-electron chi connectivity index (χ4n) is 3.35. The summed E-state index contributed by atoms with van der Waals surface area (Å²) in [6.07, 6.45) is 2.92. The van der Waals surface area contributed by atoms with Gasteiger partial charge in [-0.05, 0) is 48.1 Å². The summed E-state index contributed by atoms with van der Waals surface area (Å²) < 4.78 is 0. The number of H-pyrrole nitrogens is 1. The molecule has 132 valence electrons. The minimum Gasteiger partial charge on any atom is -0.311 e. The molecule has 0 bridgehead atoms. The lowest BCUT2D eigenvalue weighted by Crippen LogP contribution is -2.23. The van der Waals surface area contributed by atoms with Crippen molar-refractivity contribution >= 4 is 5.78 Å². The van der Waals surface area contributed by atoms with Crippen molar-refractivity contribution in [3.05, 3.63) is 63.3 Å². The minimum atomic E-state index is -0.281. The zero-order chi connectivity index (χ0) is 18.2. The highest BCUT2D eigenvalue weighted by atomic mass is 16.1. The molecule has 1 N–H and O–H groups in total. The molecule has 1 atom stereocenters. The average Bonchev–Trinajstić information content (AvgIpc) is 3.35. The van der Waals surface area contributed by atoms with E-state index >= 15 is 0 Å². The number of aryl methyl sites for hydroxylation is 1. The normalized spacial score (nSPS) is 15.8. The second-order valence-electron chi connectivity index (χ2n) is 8.20. The molecule has 0 amide bonds. The number of nitrogens with zero attached hydrogens (tertiary/aromatic N) is 1. The van der Waals surface area contributed by atoms with Crippen LogP contribution in [0.1, 0.15) is 79.3 Å². The predicted molar refractivity (Wildman–Crippen MR) is 99.2 cm³/mol. The Morgan fingerprint density at radius 2 is 1.88 bits per heavy atom. The molecule has 1 saturated carbocycles. The average molecular weight is 338 g/mol. The molecule has 1 fully saturated rings. The Labute approximate surface area is 148 Å². The summed E-state index contributed by atoms with van der Waals surface area (Å²) in [4.78, 5) is 31.2. The summed E-state index contributed by atoms with van der Waals surface area (Å²) in [6.45, 7) is 8.14. The van der Waals surface area contributed by atoms with Gasteiger partial charge in [-0.15, -0.1) is 0 Å². The number of Topliss-reactive ketones (excluding diaryl/α,β-unsaturated/α-hetero) is 1. The van der Waals surface area contributed by atoms with E-state index < -0.39 is 0 Å². The van der Waals surface area contributed by atoms with Crippen molar-refractivity contribution in [3.8, 4) is 0 Å². The van der Waals surface area contributed by atoms with Gasteiger partial charge in [0, 0.05) is 12.5 Å². The van der Waals surface area contributed by atoms with Gasteiger partial charge in [-0.25, -0.2) is 4.98 Å². The van der Waals surface area contributed by atoms with Crippen LogP contribution in [0.3, 0.4) is 0 Å². The van der Waals surface area contributed by atoms with Gasteiger partial charge in [-0.3, -0.25) is 9.59 Å². The van der Waals surface area contributed by atoms with E-state index in [4.69, 9.17) is 0 Å². The van der Waals surface area contributed by atoms with Crippen LogP contribution in [0.2, 0.25) is 0 Å². The van der Waals surface area contributed by atoms with Crippen molar-refractivity contribution in [1.82, 2.24) is 9.97 Å². The summed E-state index contributed by atoms with van der Waals surface area (Å²) in [6, 6.07) is 10.0. The van der Waals surface area contributed by atoms with Crippen LogP contribution in [0.5, 0.6) is 0 Å². The maximum Gasteiger partial charge on any atom is 0.251 e. The van der Waals surface area contributed by atoms with Crippen LogP contribution in [0.15, 0.2) is 35.1 Å². The largest absolute Gasteiger partial charge is 0.311 e. The molecule has 4 nitrogen and oxygen atoms in total. The third-order valence-corrected chi connectivity index (χ3v) is 4.97. The summed E-state index contributed by atoms with van der Waals surface area (Å²) in [5.41, 5.74) is 2.48. The van der Waals surface area contributed by atoms with Gasteiger partial charge in [0.25, 0.3) is 5.56 Å². The lowest BCUT2D eigenvalue weighted by atomic mass is 9.73. The van der Waals surface area contributed by atoms with Gasteiger partial charge in [0.15, 0.2) is 5.78 Å². The molecule has 4 heteroatoms. The lowest BCUT2D eigenvalue weighted by molar-refractivity contribution is 0.0945. The highest BCUT2D eigenvalue weighted by molar-refractivity contribution is 5.94. The number of carbonyl (C=O) groups excluding carboxylic acids is 1. The van der Waals surface area contributed by atoms with Crippen LogP contribution in [0, 0.1) is 12.3 Å². The first-order valence-electron chi connectivity index (χ1n) is 8.95. The SMILES string of the molecule is Cc1nc(C(=O)C[C@@H](c2ccc(C3CC3)cc2)C(C)(C)C)cc(=O)[nH]1. The molecule has 0 radical (unpaired) electrons. The molecule has 0 aliphatic heterocycles. The number of hydrogen-bond donors (Lipinski definition) is 1. The third-order valence-electron chi connectivity index (χ3n) is 4.97. The summed E-state index contributed by atoms with van der Waals surface area (Å²) in [7, 11) is 0. The van der Waals surface area contributed by atoms with Crippen molar-refractivity contribution in [3.63, 3.8) is 0 Å². The van der Waals surface area contributed by atoms with E-state index in [0.717, 1.165) is 5.92 Å². The van der Waals surface area contributed by atoms with Crippen molar-refractivity contribution in [1.29, 1.82) is 0 Å². The van der Waals surface area contributed by atoms with Crippen LogP contribution in [-0.2, 0) is 0 Å². The molecule has 1 heterocycles. The number of aromatic nitrogens is 2. The van der Waals surface area contributed by atoms with Crippen LogP contribution in [0.4, 0.5) is 0 Å². The molecule has 0 unspecified atom stereocenters. The van der Waals surface area contributed by atoms with E-state index in [1.807, 2.05) is 0 Å². The molecule has 2 aromatic rings.